The Morgan fingerprint density at radius 2 is 1.89 bits per heavy atom. The molecule has 0 aliphatic rings. The van der Waals surface area contributed by atoms with Crippen LogP contribution in [0.25, 0.3) is 21.7 Å². The quantitative estimate of drug-likeness (QED) is 0.101. The number of nitrogens with two attached hydrogens (primary N) is 1. The number of amides is 1. The zero-order valence-corrected chi connectivity index (χ0v) is 23.3. The number of nitrogens with one attached hydrogen (secondary N) is 1. The fourth-order valence-electron chi connectivity index (χ4n) is 4.09. The number of alkyl halides is 2. The van der Waals surface area contributed by atoms with Crippen LogP contribution in [0.3, 0.4) is 0 Å². The molecular weight excluding hydrogens is 531 g/mol. The molecule has 4 rings (SSSR count). The van der Waals surface area contributed by atoms with Gasteiger partial charge in [-0.3, -0.25) is 10.2 Å². The number of hydrogen-bond donors (Lipinski definition) is 2. The van der Waals surface area contributed by atoms with Crippen LogP contribution in [0.1, 0.15) is 51.9 Å². The van der Waals surface area contributed by atoms with Crippen LogP contribution in [0.5, 0.6) is 11.5 Å². The SMILES string of the molecule is Cc1cc(OCc2c(-c3ccccc3OC(F)(F)P)noc2C(C)C)ccc1-c1sc(C(=O)NN)cc1C. The summed E-state index contributed by atoms with van der Waals surface area (Å²) in [6.07, 6.45) is 0. The van der Waals surface area contributed by atoms with Gasteiger partial charge in [-0.1, -0.05) is 31.1 Å². The average Bonchev–Trinajstić information content (AvgIpc) is 3.45. The van der Waals surface area contributed by atoms with Gasteiger partial charge in [-0.25, -0.2) is 5.84 Å². The van der Waals surface area contributed by atoms with E-state index in [-0.39, 0.29) is 24.2 Å². The van der Waals surface area contributed by atoms with Gasteiger partial charge < -0.3 is 14.0 Å². The first kappa shape index (κ1) is 27.7. The van der Waals surface area contributed by atoms with Crippen molar-refractivity contribution in [1.82, 2.24) is 10.6 Å². The highest BCUT2D eigenvalue weighted by Gasteiger charge is 2.28. The molecule has 0 aliphatic carbocycles. The molecule has 0 aliphatic heterocycles. The molecule has 0 radical (unpaired) electrons. The largest absolute Gasteiger partial charge is 0.489 e. The fourth-order valence-corrected chi connectivity index (χ4v) is 5.39. The molecule has 0 saturated carbocycles. The van der Waals surface area contributed by atoms with E-state index in [1.165, 1.54) is 26.6 Å². The molecular formula is C27H28F2N3O4PS. The second-order valence-corrected chi connectivity index (χ2v) is 10.8. The van der Waals surface area contributed by atoms with Crippen molar-refractivity contribution in [2.24, 2.45) is 5.84 Å². The van der Waals surface area contributed by atoms with Gasteiger partial charge in [-0.15, -0.1) is 11.3 Å². The standard InChI is InChI=1S/C27H28F2N3O4PS/c1-14(2)24-20(23(32-36-24)19-7-5-6-8-21(19)35-27(28,29)37)13-34-17-9-10-18(15(3)11-17)25-16(4)12-22(38-25)26(33)31-30/h5-12,14H,13,30,37H2,1-4H3,(H,31,33). The molecule has 0 saturated heterocycles. The summed E-state index contributed by atoms with van der Waals surface area (Å²) in [5.41, 5.74) is 6.48. The Balaban J connectivity index is 1.63. The lowest BCUT2D eigenvalue weighted by Gasteiger charge is -2.16. The molecule has 7 nitrogen and oxygen atoms in total. The normalized spacial score (nSPS) is 11.6. The third-order valence-electron chi connectivity index (χ3n) is 5.83. The Hall–Kier alpha value is -3.33. The predicted molar refractivity (Wildman–Crippen MR) is 147 cm³/mol. The van der Waals surface area contributed by atoms with E-state index in [0.29, 0.717) is 33.2 Å². The van der Waals surface area contributed by atoms with E-state index in [1.807, 2.05) is 52.0 Å². The lowest BCUT2D eigenvalue weighted by molar-refractivity contribution is -0.0888. The Bertz CT molecular complexity index is 1460. The molecule has 0 fully saturated rings. The van der Waals surface area contributed by atoms with Gasteiger partial charge >= 0.3 is 5.85 Å². The smallest absolute Gasteiger partial charge is 0.408 e. The lowest BCUT2D eigenvalue weighted by atomic mass is 10.0. The number of nitrogens with zero attached hydrogens (tertiary/aromatic N) is 1. The Morgan fingerprint density at radius 1 is 1.16 bits per heavy atom. The van der Waals surface area contributed by atoms with E-state index in [0.717, 1.165) is 21.6 Å². The van der Waals surface area contributed by atoms with Crippen LogP contribution in [-0.4, -0.2) is 16.9 Å². The van der Waals surface area contributed by atoms with E-state index < -0.39 is 5.85 Å². The maximum absolute atomic E-state index is 13.6. The van der Waals surface area contributed by atoms with Crippen molar-refractivity contribution in [2.45, 2.75) is 46.1 Å². The summed E-state index contributed by atoms with van der Waals surface area (Å²) >= 11 is 1.37. The summed E-state index contributed by atoms with van der Waals surface area (Å²) in [6, 6.07) is 13.9. The summed E-state index contributed by atoms with van der Waals surface area (Å²) in [5, 5.41) is 4.19. The van der Waals surface area contributed by atoms with Gasteiger partial charge in [-0.2, -0.15) is 8.78 Å². The molecule has 200 valence electrons. The van der Waals surface area contributed by atoms with Gasteiger partial charge in [0, 0.05) is 16.4 Å². The van der Waals surface area contributed by atoms with Crippen LogP contribution in [0.4, 0.5) is 8.78 Å². The number of thiophene rings is 1. The zero-order valence-electron chi connectivity index (χ0n) is 21.3. The predicted octanol–water partition coefficient (Wildman–Crippen LogP) is 6.80. The first-order chi connectivity index (χ1) is 18.0. The first-order valence-corrected chi connectivity index (χ1v) is 13.2. The van der Waals surface area contributed by atoms with Gasteiger partial charge in [0.2, 0.25) is 0 Å². The van der Waals surface area contributed by atoms with Crippen LogP contribution in [0.2, 0.25) is 0 Å². The number of rotatable bonds is 9. The molecule has 4 aromatic rings. The molecule has 0 bridgehead atoms. The van der Waals surface area contributed by atoms with Crippen molar-refractivity contribution in [3.05, 3.63) is 75.9 Å². The van der Waals surface area contributed by atoms with Crippen LogP contribution >= 0.6 is 20.6 Å². The van der Waals surface area contributed by atoms with E-state index in [2.05, 4.69) is 10.6 Å². The Kier molecular flexibility index (Phi) is 8.16. The number of hydrogen-bond acceptors (Lipinski definition) is 7. The number of aromatic nitrogens is 1. The fraction of sp³-hybridized carbons (Fsp3) is 0.259. The van der Waals surface area contributed by atoms with Crippen molar-refractivity contribution in [2.75, 3.05) is 0 Å². The molecule has 2 aromatic heterocycles. The van der Waals surface area contributed by atoms with Crippen molar-refractivity contribution in [3.8, 4) is 33.2 Å². The molecule has 11 heteroatoms. The highest BCUT2D eigenvalue weighted by atomic mass is 32.1. The van der Waals surface area contributed by atoms with Crippen molar-refractivity contribution < 1.29 is 27.6 Å². The summed E-state index contributed by atoms with van der Waals surface area (Å²) in [7, 11) is 1.37. The number of ether oxygens (including phenoxy) is 2. The zero-order chi connectivity index (χ0) is 27.6. The molecule has 38 heavy (non-hydrogen) atoms. The van der Waals surface area contributed by atoms with Gasteiger partial charge in [0.05, 0.1) is 10.4 Å². The number of benzene rings is 2. The second-order valence-electron chi connectivity index (χ2n) is 9.05. The van der Waals surface area contributed by atoms with Crippen molar-refractivity contribution >= 4 is 26.5 Å². The van der Waals surface area contributed by atoms with Crippen LogP contribution in [0, 0.1) is 13.8 Å². The summed E-state index contributed by atoms with van der Waals surface area (Å²) in [6.45, 7) is 7.92. The molecule has 0 spiro atoms. The van der Waals surface area contributed by atoms with Gasteiger partial charge in [0.25, 0.3) is 5.91 Å². The van der Waals surface area contributed by atoms with Gasteiger partial charge in [-0.05, 0) is 76.2 Å². The van der Waals surface area contributed by atoms with Gasteiger partial charge in [0.15, 0.2) is 0 Å². The third kappa shape index (κ3) is 6.04. The lowest BCUT2D eigenvalue weighted by Crippen LogP contribution is -2.29. The second kappa shape index (κ2) is 11.2. The maximum Gasteiger partial charge on any atom is 0.408 e. The maximum atomic E-state index is 13.6. The molecule has 3 N–H and O–H groups in total. The molecule has 1 amide bonds. The van der Waals surface area contributed by atoms with E-state index in [9.17, 15) is 13.6 Å². The molecule has 2 aromatic carbocycles. The minimum Gasteiger partial charge on any atom is -0.489 e. The van der Waals surface area contributed by atoms with E-state index >= 15 is 0 Å². The summed E-state index contributed by atoms with van der Waals surface area (Å²) in [5.74, 6) is 2.68. The van der Waals surface area contributed by atoms with Crippen LogP contribution in [0.15, 0.2) is 53.1 Å². The summed E-state index contributed by atoms with van der Waals surface area (Å²) in [4.78, 5) is 13.4. The number of carbonyl (C=O) groups is 1. The highest BCUT2D eigenvalue weighted by molar-refractivity contribution is 7.18. The molecule has 1 atom stereocenters. The molecule has 1 unspecified atom stereocenters. The monoisotopic (exact) mass is 559 g/mol. The minimum atomic E-state index is -3.44. The first-order valence-electron chi connectivity index (χ1n) is 11.8. The third-order valence-corrected chi connectivity index (χ3v) is 7.22. The van der Waals surface area contributed by atoms with E-state index in [4.69, 9.17) is 19.8 Å². The summed E-state index contributed by atoms with van der Waals surface area (Å²) < 4.78 is 43.9. The van der Waals surface area contributed by atoms with E-state index in [1.54, 1.807) is 18.2 Å². The van der Waals surface area contributed by atoms with Crippen LogP contribution < -0.4 is 20.7 Å². The average molecular weight is 560 g/mol. The molecule has 2 heterocycles. The van der Waals surface area contributed by atoms with Crippen molar-refractivity contribution in [1.29, 1.82) is 0 Å². The Labute approximate surface area is 225 Å². The number of para-hydroxylation sites is 1. The van der Waals surface area contributed by atoms with Gasteiger partial charge in [0.1, 0.15) is 29.6 Å². The number of aryl methyl sites for hydroxylation is 2. The van der Waals surface area contributed by atoms with Crippen molar-refractivity contribution in [3.63, 3.8) is 0 Å². The number of halogens is 2. The van der Waals surface area contributed by atoms with Crippen LogP contribution in [-0.2, 0) is 6.61 Å². The minimum absolute atomic E-state index is 0.0167. The number of nitrogen functional groups attached to an aromatic ring is 1. The highest BCUT2D eigenvalue weighted by Crippen LogP contribution is 2.39. The Morgan fingerprint density at radius 3 is 2.55 bits per heavy atom. The number of carbonyl (C=O) groups excluding carboxylic acids is 1. The topological polar surface area (TPSA) is 99.6 Å². The number of hydrazine groups is 1.